The number of aromatic nitrogens is 1. The van der Waals surface area contributed by atoms with E-state index in [0.717, 1.165) is 16.5 Å². The molecule has 146 valence electrons. The maximum absolute atomic E-state index is 12.6. The standard InChI is InChI=1S/C23H15N3O4/c27-21-17-14(9-24-21)18-19(23(29)26-22(18)28)20-16(17)13-8-12(6-7-15(13)25-20)30-10-11-4-2-1-3-5-11/h1-8,25H,9-10H2,(H,24,27)(H,26,28,29). The molecule has 0 atom stereocenters. The monoisotopic (exact) mass is 397 g/mol. The number of fused-ring (bicyclic) bond motifs is 8. The lowest BCUT2D eigenvalue weighted by molar-refractivity contribution is 0.0878. The van der Waals surface area contributed by atoms with Crippen LogP contribution in [0.25, 0.3) is 21.8 Å². The number of aromatic amines is 1. The summed E-state index contributed by atoms with van der Waals surface area (Å²) in [5.41, 5.74) is 3.91. The predicted octanol–water partition coefficient (Wildman–Crippen LogP) is 3.03. The van der Waals surface area contributed by atoms with Gasteiger partial charge in [0.25, 0.3) is 17.7 Å². The first kappa shape index (κ1) is 16.8. The average molecular weight is 397 g/mol. The van der Waals surface area contributed by atoms with Gasteiger partial charge in [0, 0.05) is 22.8 Å². The largest absolute Gasteiger partial charge is 0.489 e. The summed E-state index contributed by atoms with van der Waals surface area (Å²) in [4.78, 5) is 40.7. The zero-order valence-corrected chi connectivity index (χ0v) is 15.7. The summed E-state index contributed by atoms with van der Waals surface area (Å²) in [6.45, 7) is 0.642. The van der Waals surface area contributed by atoms with Crippen molar-refractivity contribution in [2.24, 2.45) is 0 Å². The molecule has 6 rings (SSSR count). The number of amides is 3. The summed E-state index contributed by atoms with van der Waals surface area (Å²) in [7, 11) is 0. The number of hydrogen-bond acceptors (Lipinski definition) is 4. The van der Waals surface area contributed by atoms with Crippen molar-refractivity contribution in [2.75, 3.05) is 0 Å². The molecule has 3 heterocycles. The topological polar surface area (TPSA) is 100 Å². The zero-order chi connectivity index (χ0) is 20.4. The summed E-state index contributed by atoms with van der Waals surface area (Å²) in [6.07, 6.45) is 0. The van der Waals surface area contributed by atoms with E-state index in [4.69, 9.17) is 4.74 Å². The normalized spacial score (nSPS) is 14.7. The maximum Gasteiger partial charge on any atom is 0.261 e. The van der Waals surface area contributed by atoms with Crippen molar-refractivity contribution >= 4 is 39.5 Å². The quantitative estimate of drug-likeness (QED) is 0.463. The van der Waals surface area contributed by atoms with Crippen molar-refractivity contribution in [3.63, 3.8) is 0 Å². The van der Waals surface area contributed by atoms with Crippen LogP contribution in [0.2, 0.25) is 0 Å². The van der Waals surface area contributed by atoms with Crippen molar-refractivity contribution in [1.82, 2.24) is 15.6 Å². The molecular weight excluding hydrogens is 382 g/mol. The molecule has 0 saturated heterocycles. The minimum Gasteiger partial charge on any atom is -0.489 e. The second-order valence-electron chi connectivity index (χ2n) is 7.43. The second kappa shape index (κ2) is 5.93. The molecule has 7 heteroatoms. The van der Waals surface area contributed by atoms with E-state index in [-0.39, 0.29) is 18.0 Å². The minimum absolute atomic E-state index is 0.226. The molecule has 0 fully saturated rings. The van der Waals surface area contributed by atoms with Gasteiger partial charge in [0.15, 0.2) is 0 Å². The number of carbonyl (C=O) groups excluding carboxylic acids is 3. The van der Waals surface area contributed by atoms with Crippen molar-refractivity contribution < 1.29 is 19.1 Å². The van der Waals surface area contributed by atoms with Gasteiger partial charge < -0.3 is 15.0 Å². The Labute approximate surface area is 170 Å². The fraction of sp³-hybridized carbons (Fsp3) is 0.0870. The van der Waals surface area contributed by atoms with Crippen LogP contribution in [0.15, 0.2) is 48.5 Å². The number of H-pyrrole nitrogens is 1. The highest BCUT2D eigenvalue weighted by Crippen LogP contribution is 2.40. The highest BCUT2D eigenvalue weighted by Gasteiger charge is 2.39. The number of carbonyl (C=O) groups is 3. The third-order valence-electron chi connectivity index (χ3n) is 5.71. The average Bonchev–Trinajstić information content (AvgIpc) is 3.40. The number of rotatable bonds is 3. The number of ether oxygens (including phenoxy) is 1. The lowest BCUT2D eigenvalue weighted by Crippen LogP contribution is -2.20. The number of benzene rings is 3. The Kier molecular flexibility index (Phi) is 3.32. The van der Waals surface area contributed by atoms with Crippen LogP contribution in [0, 0.1) is 0 Å². The molecule has 0 unspecified atom stereocenters. The van der Waals surface area contributed by atoms with Crippen molar-refractivity contribution in [3.8, 4) is 5.75 Å². The van der Waals surface area contributed by atoms with E-state index >= 15 is 0 Å². The van der Waals surface area contributed by atoms with Gasteiger partial charge in [-0.15, -0.1) is 0 Å². The van der Waals surface area contributed by atoms with Crippen molar-refractivity contribution in [3.05, 3.63) is 76.3 Å². The maximum atomic E-state index is 12.6. The van der Waals surface area contributed by atoms with Crippen molar-refractivity contribution in [2.45, 2.75) is 13.2 Å². The molecule has 30 heavy (non-hydrogen) atoms. The van der Waals surface area contributed by atoms with Gasteiger partial charge in [-0.1, -0.05) is 30.3 Å². The van der Waals surface area contributed by atoms with Crippen LogP contribution in [0.1, 0.15) is 42.2 Å². The van der Waals surface area contributed by atoms with Gasteiger partial charge in [0.2, 0.25) is 0 Å². The van der Waals surface area contributed by atoms with Gasteiger partial charge in [0.05, 0.1) is 22.2 Å². The van der Waals surface area contributed by atoms with Crippen LogP contribution in [0.3, 0.4) is 0 Å². The summed E-state index contributed by atoms with van der Waals surface area (Å²) in [6, 6.07) is 15.4. The van der Waals surface area contributed by atoms with E-state index in [2.05, 4.69) is 15.6 Å². The molecule has 7 nitrogen and oxygen atoms in total. The number of hydrogen-bond donors (Lipinski definition) is 3. The molecule has 3 N–H and O–H groups in total. The van der Waals surface area contributed by atoms with Crippen LogP contribution in [0.4, 0.5) is 0 Å². The Morgan fingerprint density at radius 3 is 2.50 bits per heavy atom. The van der Waals surface area contributed by atoms with Gasteiger partial charge >= 0.3 is 0 Å². The number of nitrogens with one attached hydrogen (secondary N) is 3. The predicted molar refractivity (Wildman–Crippen MR) is 110 cm³/mol. The summed E-state index contributed by atoms with van der Waals surface area (Å²) < 4.78 is 5.95. The van der Waals surface area contributed by atoms with Crippen LogP contribution in [0.5, 0.6) is 5.75 Å². The summed E-state index contributed by atoms with van der Waals surface area (Å²) in [5.74, 6) is -0.508. The minimum atomic E-state index is -0.463. The van der Waals surface area contributed by atoms with Crippen LogP contribution < -0.4 is 15.4 Å². The third-order valence-corrected chi connectivity index (χ3v) is 5.71. The Morgan fingerprint density at radius 2 is 1.67 bits per heavy atom. The highest BCUT2D eigenvalue weighted by molar-refractivity contribution is 6.32. The fourth-order valence-electron chi connectivity index (χ4n) is 4.39. The zero-order valence-electron chi connectivity index (χ0n) is 15.7. The van der Waals surface area contributed by atoms with Crippen LogP contribution >= 0.6 is 0 Å². The molecule has 3 amide bonds. The smallest absolute Gasteiger partial charge is 0.261 e. The molecule has 0 spiro atoms. The van der Waals surface area contributed by atoms with Gasteiger partial charge in [0.1, 0.15) is 12.4 Å². The molecule has 2 aliphatic rings. The van der Waals surface area contributed by atoms with E-state index in [1.165, 1.54) is 0 Å². The molecule has 0 saturated carbocycles. The first-order valence-electron chi connectivity index (χ1n) is 9.56. The van der Waals surface area contributed by atoms with Gasteiger partial charge in [-0.25, -0.2) is 0 Å². The Balaban J connectivity index is 1.57. The molecule has 4 aromatic rings. The molecule has 2 aliphatic heterocycles. The second-order valence-corrected chi connectivity index (χ2v) is 7.43. The lowest BCUT2D eigenvalue weighted by atomic mass is 9.93. The summed E-state index contributed by atoms with van der Waals surface area (Å²) >= 11 is 0. The Morgan fingerprint density at radius 1 is 0.867 bits per heavy atom. The van der Waals surface area contributed by atoms with Gasteiger partial charge in [-0.3, -0.25) is 19.7 Å². The highest BCUT2D eigenvalue weighted by atomic mass is 16.5. The third kappa shape index (κ3) is 2.23. The lowest BCUT2D eigenvalue weighted by Gasteiger charge is -2.07. The van der Waals surface area contributed by atoms with Crippen LogP contribution in [-0.4, -0.2) is 22.7 Å². The molecule has 1 aromatic heterocycles. The molecule has 0 radical (unpaired) electrons. The fourth-order valence-corrected chi connectivity index (χ4v) is 4.39. The Bertz CT molecular complexity index is 1420. The first-order chi connectivity index (χ1) is 14.6. The van der Waals surface area contributed by atoms with Crippen molar-refractivity contribution in [1.29, 1.82) is 0 Å². The first-order valence-corrected chi connectivity index (χ1v) is 9.56. The van der Waals surface area contributed by atoms with E-state index in [1.807, 2.05) is 48.5 Å². The van der Waals surface area contributed by atoms with Gasteiger partial charge in [-0.05, 0) is 29.3 Å². The molecule has 3 aromatic carbocycles. The van der Waals surface area contributed by atoms with Crippen LogP contribution in [-0.2, 0) is 13.2 Å². The van der Waals surface area contributed by atoms with Gasteiger partial charge in [-0.2, -0.15) is 0 Å². The summed E-state index contributed by atoms with van der Waals surface area (Å²) in [5, 5.41) is 6.55. The SMILES string of the molecule is O=C1NC(=O)c2c1c1c(c3c2[nH]c2ccc(OCc4ccccc4)cc23)C(=O)NC1. The number of imide groups is 1. The molecule has 0 bridgehead atoms. The van der Waals surface area contributed by atoms with E-state index in [1.54, 1.807) is 0 Å². The molecular formula is C23H15N3O4. The van der Waals surface area contributed by atoms with E-state index < -0.39 is 11.8 Å². The molecule has 0 aliphatic carbocycles. The Hall–Kier alpha value is -4.13. The van der Waals surface area contributed by atoms with E-state index in [0.29, 0.717) is 39.9 Å². The van der Waals surface area contributed by atoms with E-state index in [9.17, 15) is 14.4 Å².